The predicted octanol–water partition coefficient (Wildman–Crippen LogP) is 2.08. The highest BCUT2D eigenvalue weighted by molar-refractivity contribution is 7.12. The second-order valence-electron chi connectivity index (χ2n) is 4.59. The highest BCUT2D eigenvalue weighted by atomic mass is 32.1. The third kappa shape index (κ3) is 5.05. The molecule has 0 bridgehead atoms. The second kappa shape index (κ2) is 8.29. The van der Waals surface area contributed by atoms with Gasteiger partial charge >= 0.3 is 5.97 Å². The number of anilines is 1. The number of carbonyl (C=O) groups is 3. The number of hydrogen-bond acceptors (Lipinski definition) is 5. The van der Waals surface area contributed by atoms with E-state index in [1.165, 1.54) is 11.3 Å². The Bertz CT molecular complexity index is 796. The number of benzene rings is 1. The molecule has 0 fully saturated rings. The average molecular weight is 372 g/mol. The molecule has 0 radical (unpaired) electrons. The van der Waals surface area contributed by atoms with Gasteiger partial charge in [-0.25, -0.2) is 13.2 Å². The Labute approximate surface area is 143 Å². The van der Waals surface area contributed by atoms with E-state index in [0.717, 1.165) is 6.07 Å². The fraction of sp³-hybridized carbons (Fsp3) is 0.133. The van der Waals surface area contributed by atoms with Crippen LogP contribution in [-0.4, -0.2) is 30.9 Å². The van der Waals surface area contributed by atoms with E-state index in [9.17, 15) is 27.6 Å². The Morgan fingerprint density at radius 1 is 1.08 bits per heavy atom. The molecule has 0 aliphatic rings. The van der Waals surface area contributed by atoms with E-state index in [-0.39, 0.29) is 0 Å². The molecule has 2 rings (SSSR count). The SMILES string of the molecule is O=C(COC(=O)CNC(=O)c1cccs1)Nc1ccc(F)c(F)c1F. The number of hydrogen-bond donors (Lipinski definition) is 2. The summed E-state index contributed by atoms with van der Waals surface area (Å²) in [6.45, 7) is -1.25. The standard InChI is InChI=1S/C15H11F3N2O4S/c16-8-3-4-9(14(18)13(8)17)20-11(21)7-24-12(22)6-19-15(23)10-2-1-5-25-10/h1-5H,6-7H2,(H,19,23)(H,20,21). The van der Waals surface area contributed by atoms with E-state index < -0.39 is 54.1 Å². The number of carbonyl (C=O) groups excluding carboxylic acids is 3. The molecule has 1 aromatic carbocycles. The lowest BCUT2D eigenvalue weighted by Gasteiger charge is -2.08. The minimum atomic E-state index is -1.73. The van der Waals surface area contributed by atoms with Crippen LogP contribution in [0.25, 0.3) is 0 Å². The van der Waals surface area contributed by atoms with Crippen LogP contribution in [0.2, 0.25) is 0 Å². The van der Waals surface area contributed by atoms with E-state index in [1.54, 1.807) is 17.5 Å². The summed E-state index contributed by atoms with van der Waals surface area (Å²) in [4.78, 5) is 35.0. The third-order valence-corrected chi connectivity index (χ3v) is 3.68. The van der Waals surface area contributed by atoms with Crippen molar-refractivity contribution in [1.82, 2.24) is 5.32 Å². The minimum Gasteiger partial charge on any atom is -0.454 e. The lowest BCUT2D eigenvalue weighted by atomic mass is 10.3. The largest absolute Gasteiger partial charge is 0.454 e. The number of thiophene rings is 1. The maximum atomic E-state index is 13.4. The van der Waals surface area contributed by atoms with Crippen LogP contribution in [0.3, 0.4) is 0 Å². The summed E-state index contributed by atoms with van der Waals surface area (Å²) in [5.41, 5.74) is -0.592. The Morgan fingerprint density at radius 2 is 1.84 bits per heavy atom. The molecule has 1 aromatic heterocycles. The van der Waals surface area contributed by atoms with Crippen LogP contribution in [-0.2, 0) is 14.3 Å². The van der Waals surface area contributed by atoms with Gasteiger partial charge < -0.3 is 15.4 Å². The summed E-state index contributed by atoms with van der Waals surface area (Å²) >= 11 is 1.18. The van der Waals surface area contributed by atoms with E-state index >= 15 is 0 Å². The minimum absolute atomic E-state index is 0.402. The average Bonchev–Trinajstić information content (AvgIpc) is 3.13. The molecule has 6 nitrogen and oxygen atoms in total. The van der Waals surface area contributed by atoms with Gasteiger partial charge in [-0.2, -0.15) is 0 Å². The summed E-state index contributed by atoms with van der Waals surface area (Å²) in [6.07, 6.45) is 0. The molecule has 0 atom stereocenters. The van der Waals surface area contributed by atoms with Gasteiger partial charge in [0.25, 0.3) is 11.8 Å². The first-order valence-electron chi connectivity index (χ1n) is 6.79. The molecular formula is C15H11F3N2O4S. The molecule has 0 aliphatic heterocycles. The van der Waals surface area contributed by atoms with Crippen molar-refractivity contribution in [2.75, 3.05) is 18.5 Å². The molecule has 0 spiro atoms. The maximum absolute atomic E-state index is 13.4. The number of esters is 1. The van der Waals surface area contributed by atoms with Crippen molar-refractivity contribution in [2.45, 2.75) is 0 Å². The topological polar surface area (TPSA) is 84.5 Å². The van der Waals surface area contributed by atoms with Crippen molar-refractivity contribution in [1.29, 1.82) is 0 Å². The van der Waals surface area contributed by atoms with E-state index in [1.807, 2.05) is 5.32 Å². The van der Waals surface area contributed by atoms with Gasteiger partial charge in [-0.05, 0) is 23.6 Å². The van der Waals surface area contributed by atoms with Crippen LogP contribution < -0.4 is 10.6 Å². The quantitative estimate of drug-likeness (QED) is 0.601. The first kappa shape index (κ1) is 18.5. The lowest BCUT2D eigenvalue weighted by molar-refractivity contribution is -0.146. The number of halogens is 3. The van der Waals surface area contributed by atoms with Gasteiger partial charge in [0.1, 0.15) is 6.54 Å². The monoisotopic (exact) mass is 372 g/mol. The van der Waals surface area contributed by atoms with Gasteiger partial charge in [0.2, 0.25) is 0 Å². The zero-order valence-corrected chi connectivity index (χ0v) is 13.3. The van der Waals surface area contributed by atoms with Crippen molar-refractivity contribution >= 4 is 34.8 Å². The lowest BCUT2D eigenvalue weighted by Crippen LogP contribution is -2.31. The molecule has 2 aromatic rings. The van der Waals surface area contributed by atoms with Crippen molar-refractivity contribution in [3.8, 4) is 0 Å². The number of amides is 2. The zero-order chi connectivity index (χ0) is 18.4. The molecule has 0 saturated heterocycles. The third-order valence-electron chi connectivity index (χ3n) is 2.81. The van der Waals surface area contributed by atoms with Crippen molar-refractivity contribution in [2.24, 2.45) is 0 Å². The van der Waals surface area contributed by atoms with Crippen molar-refractivity contribution in [3.05, 3.63) is 52.0 Å². The molecule has 0 unspecified atom stereocenters. The summed E-state index contributed by atoms with van der Waals surface area (Å²) in [5.74, 6) is -7.02. The Balaban J connectivity index is 1.77. The molecule has 10 heteroatoms. The zero-order valence-electron chi connectivity index (χ0n) is 12.5. The van der Waals surface area contributed by atoms with Crippen LogP contribution in [0.1, 0.15) is 9.67 Å². The van der Waals surface area contributed by atoms with Crippen LogP contribution in [0.5, 0.6) is 0 Å². The van der Waals surface area contributed by atoms with E-state index in [2.05, 4.69) is 10.1 Å². The fourth-order valence-corrected chi connectivity index (χ4v) is 2.29. The van der Waals surface area contributed by atoms with Gasteiger partial charge in [-0.3, -0.25) is 14.4 Å². The number of nitrogens with one attached hydrogen (secondary N) is 2. The van der Waals surface area contributed by atoms with Gasteiger partial charge in [-0.15, -0.1) is 11.3 Å². The van der Waals surface area contributed by atoms with Crippen LogP contribution >= 0.6 is 11.3 Å². The molecule has 2 amide bonds. The molecule has 2 N–H and O–H groups in total. The second-order valence-corrected chi connectivity index (χ2v) is 5.54. The summed E-state index contributed by atoms with van der Waals surface area (Å²) < 4.78 is 43.8. The number of rotatable bonds is 6. The number of ether oxygens (including phenoxy) is 1. The fourth-order valence-electron chi connectivity index (χ4n) is 1.65. The van der Waals surface area contributed by atoms with Gasteiger partial charge in [0.15, 0.2) is 24.1 Å². The molecule has 1 heterocycles. The van der Waals surface area contributed by atoms with Crippen LogP contribution in [0.15, 0.2) is 29.6 Å². The summed E-state index contributed by atoms with van der Waals surface area (Å²) in [5, 5.41) is 5.92. The molecule has 0 saturated carbocycles. The summed E-state index contributed by atoms with van der Waals surface area (Å²) in [6, 6.07) is 4.70. The van der Waals surface area contributed by atoms with E-state index in [0.29, 0.717) is 10.9 Å². The van der Waals surface area contributed by atoms with Gasteiger partial charge in [0.05, 0.1) is 10.6 Å². The summed E-state index contributed by atoms with van der Waals surface area (Å²) in [7, 11) is 0. The highest BCUT2D eigenvalue weighted by Crippen LogP contribution is 2.19. The maximum Gasteiger partial charge on any atom is 0.325 e. The van der Waals surface area contributed by atoms with E-state index in [4.69, 9.17) is 0 Å². The molecule has 132 valence electrons. The smallest absolute Gasteiger partial charge is 0.325 e. The highest BCUT2D eigenvalue weighted by Gasteiger charge is 2.16. The van der Waals surface area contributed by atoms with Gasteiger partial charge in [-0.1, -0.05) is 6.07 Å². The van der Waals surface area contributed by atoms with Crippen molar-refractivity contribution < 1.29 is 32.3 Å². The molecule has 0 aliphatic carbocycles. The normalized spacial score (nSPS) is 10.2. The predicted molar refractivity (Wildman–Crippen MR) is 82.6 cm³/mol. The van der Waals surface area contributed by atoms with Crippen LogP contribution in [0.4, 0.5) is 18.9 Å². The van der Waals surface area contributed by atoms with Crippen molar-refractivity contribution in [3.63, 3.8) is 0 Å². The molecule has 25 heavy (non-hydrogen) atoms. The van der Waals surface area contributed by atoms with Gasteiger partial charge in [0, 0.05) is 0 Å². The Kier molecular flexibility index (Phi) is 6.12. The first-order valence-corrected chi connectivity index (χ1v) is 7.67. The molecular weight excluding hydrogens is 361 g/mol. The first-order chi connectivity index (χ1) is 11.9. The Hall–Kier alpha value is -2.88. The van der Waals surface area contributed by atoms with Crippen LogP contribution in [0, 0.1) is 17.5 Å². The Morgan fingerprint density at radius 3 is 2.52 bits per heavy atom.